The fourth-order valence-corrected chi connectivity index (χ4v) is 7.95. The summed E-state index contributed by atoms with van der Waals surface area (Å²) in [5.41, 5.74) is 1.14. The maximum atomic E-state index is 14.6. The van der Waals surface area contributed by atoms with Crippen molar-refractivity contribution < 1.29 is 43.0 Å². The molecule has 1 unspecified atom stereocenters. The van der Waals surface area contributed by atoms with E-state index in [2.05, 4.69) is 21.3 Å². The molecule has 5 amide bonds. The number of carbonyl (C=O) groups excluding carboxylic acids is 6. The molecule has 2 heterocycles. The van der Waals surface area contributed by atoms with E-state index in [1.807, 2.05) is 82.3 Å². The van der Waals surface area contributed by atoms with Gasteiger partial charge in [-0.05, 0) is 82.1 Å². The van der Waals surface area contributed by atoms with Crippen LogP contribution in [0, 0.1) is 5.92 Å². The van der Waals surface area contributed by atoms with Crippen LogP contribution in [0.15, 0.2) is 54.6 Å². The summed E-state index contributed by atoms with van der Waals surface area (Å²) >= 11 is 0. The van der Waals surface area contributed by atoms with Crippen LogP contribution in [0.5, 0.6) is 5.75 Å². The van der Waals surface area contributed by atoms with Crippen LogP contribution in [0.4, 0.5) is 0 Å². The van der Waals surface area contributed by atoms with Crippen LogP contribution in [0.1, 0.15) is 109 Å². The van der Waals surface area contributed by atoms with Crippen LogP contribution < -0.4 is 26.0 Å². The Labute approximate surface area is 348 Å². The summed E-state index contributed by atoms with van der Waals surface area (Å²) in [4.78, 5) is 83.7. The normalized spacial score (nSPS) is 21.9. The third kappa shape index (κ3) is 13.9. The smallest absolute Gasteiger partial charge is 0.290 e. The van der Waals surface area contributed by atoms with Gasteiger partial charge in [0, 0.05) is 19.6 Å². The van der Waals surface area contributed by atoms with Crippen molar-refractivity contribution in [3.8, 4) is 5.75 Å². The van der Waals surface area contributed by atoms with Crippen molar-refractivity contribution in [2.45, 2.75) is 134 Å². The lowest BCUT2D eigenvalue weighted by molar-refractivity contribution is -0.144. The zero-order valence-corrected chi connectivity index (χ0v) is 35.1. The predicted molar refractivity (Wildman–Crippen MR) is 221 cm³/mol. The highest BCUT2D eigenvalue weighted by atomic mass is 16.5. The summed E-state index contributed by atoms with van der Waals surface area (Å²) in [7, 11) is 0. The molecule has 0 aromatic heterocycles. The molecule has 4 bridgehead atoms. The molecular weight excluding hydrogens is 755 g/mol. The van der Waals surface area contributed by atoms with E-state index < -0.39 is 65.9 Å². The van der Waals surface area contributed by atoms with Crippen molar-refractivity contribution >= 4 is 35.3 Å². The number of rotatable bonds is 13. The van der Waals surface area contributed by atoms with E-state index in [-0.39, 0.29) is 50.1 Å². The van der Waals surface area contributed by atoms with Gasteiger partial charge in [0.25, 0.3) is 5.91 Å². The summed E-state index contributed by atoms with van der Waals surface area (Å²) in [5.74, 6) is -3.09. The summed E-state index contributed by atoms with van der Waals surface area (Å²) in [6, 6.07) is 13.2. The molecule has 4 N–H and O–H groups in total. The zero-order chi connectivity index (χ0) is 42.4. The third-order valence-electron chi connectivity index (χ3n) is 11.0. The van der Waals surface area contributed by atoms with Gasteiger partial charge in [-0.3, -0.25) is 28.8 Å². The van der Waals surface area contributed by atoms with Crippen molar-refractivity contribution in [2.75, 3.05) is 32.9 Å². The Bertz CT molecular complexity index is 1740. The number of benzene rings is 2. The lowest BCUT2D eigenvalue weighted by atomic mass is 9.83. The molecule has 14 nitrogen and oxygen atoms in total. The van der Waals surface area contributed by atoms with E-state index in [0.29, 0.717) is 31.8 Å². The van der Waals surface area contributed by atoms with Gasteiger partial charge in [-0.1, -0.05) is 75.1 Å². The maximum absolute atomic E-state index is 14.6. The third-order valence-corrected chi connectivity index (χ3v) is 11.0. The minimum Gasteiger partial charge on any atom is -0.494 e. The van der Waals surface area contributed by atoms with Crippen LogP contribution in [-0.4, -0.2) is 103 Å². The molecule has 3 aliphatic rings. The van der Waals surface area contributed by atoms with Gasteiger partial charge in [0.15, 0.2) is 0 Å². The molecule has 2 aliphatic heterocycles. The molecule has 14 heteroatoms. The zero-order valence-electron chi connectivity index (χ0n) is 35.1. The number of nitrogens with zero attached hydrogens (tertiary/aromatic N) is 1. The Morgan fingerprint density at radius 2 is 1.68 bits per heavy atom. The van der Waals surface area contributed by atoms with E-state index in [0.717, 1.165) is 49.7 Å². The number of amides is 5. The van der Waals surface area contributed by atoms with Crippen LogP contribution in [0.2, 0.25) is 0 Å². The second kappa shape index (κ2) is 22.0. The second-order valence-electron chi connectivity index (χ2n) is 16.9. The number of carbonyl (C=O) groups is 6. The first-order chi connectivity index (χ1) is 28.3. The molecule has 1 saturated heterocycles. The quantitative estimate of drug-likeness (QED) is 0.217. The summed E-state index contributed by atoms with van der Waals surface area (Å²) < 4.78 is 18.1. The van der Waals surface area contributed by atoms with Crippen molar-refractivity contribution in [1.29, 1.82) is 0 Å². The Morgan fingerprint density at radius 3 is 2.41 bits per heavy atom. The standard InChI is InChI=1S/C45H63N5O9/c1-5-15-35(41(53)43(55)46-27-39(52)47-36(29-59-45(2,3)4)31-17-8-6-9-18-31)48-42(54)37-26-34-28-50(37)44(56)40(32-19-10-7-11-20-32)49-38(51)25-30-16-14-21-33(24-30)57-22-12-13-23-58-34/h6,8-9,14,16-18,21,24,32,34-37,40H,5,7,10-13,15,19-20,22-23,25-29H2,1-4H3,(H,46,55)(H,47,52)(H,48,54)(H,49,51)/t34-,35?,36-,37+,40+/m1/s1. The van der Waals surface area contributed by atoms with Gasteiger partial charge in [-0.15, -0.1) is 0 Å². The van der Waals surface area contributed by atoms with Crippen molar-refractivity contribution in [1.82, 2.24) is 26.2 Å². The van der Waals surface area contributed by atoms with Crippen LogP contribution in [0.25, 0.3) is 0 Å². The van der Waals surface area contributed by atoms with Crippen molar-refractivity contribution in [2.24, 2.45) is 5.92 Å². The van der Waals surface area contributed by atoms with Gasteiger partial charge in [0.1, 0.15) is 17.8 Å². The highest BCUT2D eigenvalue weighted by Crippen LogP contribution is 2.31. The molecule has 5 rings (SSSR count). The predicted octanol–water partition coefficient (Wildman–Crippen LogP) is 4.10. The van der Waals surface area contributed by atoms with Crippen molar-refractivity contribution in [3.05, 3.63) is 65.7 Å². The lowest BCUT2D eigenvalue weighted by Gasteiger charge is -2.35. The van der Waals surface area contributed by atoms with Gasteiger partial charge < -0.3 is 40.4 Å². The number of ether oxygens (including phenoxy) is 3. The fourth-order valence-electron chi connectivity index (χ4n) is 7.95. The van der Waals surface area contributed by atoms with Crippen LogP contribution in [0.3, 0.4) is 0 Å². The number of Topliss-reactive ketones (excluding diaryl/α,β-unsaturated/α-hetero) is 1. The first kappa shape index (κ1) is 45.3. The van der Waals surface area contributed by atoms with E-state index in [9.17, 15) is 28.8 Å². The highest BCUT2D eigenvalue weighted by Gasteiger charge is 2.45. The van der Waals surface area contributed by atoms with E-state index in [1.54, 1.807) is 0 Å². The Balaban J connectivity index is 1.27. The minimum absolute atomic E-state index is 0.0626. The first-order valence-electron chi connectivity index (χ1n) is 21.3. The summed E-state index contributed by atoms with van der Waals surface area (Å²) in [5, 5.41) is 11.1. The van der Waals surface area contributed by atoms with Gasteiger partial charge in [0.05, 0.1) is 50.0 Å². The van der Waals surface area contributed by atoms with Gasteiger partial charge in [-0.25, -0.2) is 0 Å². The molecular formula is C45H63N5O9. The summed E-state index contributed by atoms with van der Waals surface area (Å²) in [6.45, 7) is 8.30. The minimum atomic E-state index is -1.19. The van der Waals surface area contributed by atoms with E-state index in [4.69, 9.17) is 14.2 Å². The topological polar surface area (TPSA) is 181 Å². The molecule has 322 valence electrons. The van der Waals surface area contributed by atoms with E-state index in [1.165, 1.54) is 4.90 Å². The largest absolute Gasteiger partial charge is 0.494 e. The number of nitrogens with one attached hydrogen (secondary N) is 4. The number of ketones is 1. The Kier molecular flexibility index (Phi) is 16.9. The van der Waals surface area contributed by atoms with E-state index >= 15 is 0 Å². The SMILES string of the molecule is CCCC(NC(=O)[C@@H]1C[C@@H]2CN1C(=O)[C@H](C1CCCCC1)NC(=O)Cc1cccc(c1)OCCCCO2)C(=O)C(=O)NCC(=O)N[C@H](COC(C)(C)C)c1ccccc1. The second-order valence-corrected chi connectivity index (χ2v) is 16.9. The molecule has 0 spiro atoms. The maximum Gasteiger partial charge on any atom is 0.290 e. The van der Waals surface area contributed by atoms with Crippen LogP contribution in [-0.2, 0) is 44.7 Å². The molecule has 0 radical (unpaired) electrons. The molecule has 2 aromatic carbocycles. The average Bonchev–Trinajstić information content (AvgIpc) is 3.65. The average molecular weight is 818 g/mol. The number of hydrogen-bond acceptors (Lipinski definition) is 9. The molecule has 2 aromatic rings. The lowest BCUT2D eigenvalue weighted by Crippen LogP contribution is -2.58. The first-order valence-corrected chi connectivity index (χ1v) is 21.3. The fraction of sp³-hybridized carbons (Fsp3) is 0.600. The monoisotopic (exact) mass is 817 g/mol. The van der Waals surface area contributed by atoms with Gasteiger partial charge >= 0.3 is 0 Å². The van der Waals surface area contributed by atoms with Gasteiger partial charge in [0.2, 0.25) is 29.4 Å². The highest BCUT2D eigenvalue weighted by molar-refractivity contribution is 6.38. The number of hydrogen-bond donors (Lipinski definition) is 4. The number of fused-ring (bicyclic) bond motifs is 4. The van der Waals surface area contributed by atoms with Crippen LogP contribution >= 0.6 is 0 Å². The molecule has 5 atom stereocenters. The molecule has 1 saturated carbocycles. The Morgan fingerprint density at radius 1 is 0.932 bits per heavy atom. The Hall–Kier alpha value is -4.82. The van der Waals surface area contributed by atoms with Crippen molar-refractivity contribution in [3.63, 3.8) is 0 Å². The summed E-state index contributed by atoms with van der Waals surface area (Å²) in [6.07, 6.45) is 6.29. The molecule has 2 fully saturated rings. The molecule has 59 heavy (non-hydrogen) atoms. The molecule has 1 aliphatic carbocycles. The van der Waals surface area contributed by atoms with Gasteiger partial charge in [-0.2, -0.15) is 0 Å².